The lowest BCUT2D eigenvalue weighted by Crippen LogP contribution is -2.57. The van der Waals surface area contributed by atoms with Crippen molar-refractivity contribution in [2.75, 3.05) is 27.2 Å². The Balaban J connectivity index is 2.46. The molecule has 0 spiro atoms. The van der Waals surface area contributed by atoms with E-state index < -0.39 is 21.7 Å². The minimum Gasteiger partial charge on any atom is -0.465 e. The Kier molecular flexibility index (Phi) is 5.44. The van der Waals surface area contributed by atoms with Crippen molar-refractivity contribution in [3.8, 4) is 0 Å². The lowest BCUT2D eigenvalue weighted by atomic mass is 9.89. The van der Waals surface area contributed by atoms with Crippen LogP contribution in [0.3, 0.4) is 0 Å². The molecule has 1 aliphatic rings. The van der Waals surface area contributed by atoms with E-state index in [-0.39, 0.29) is 6.61 Å². The van der Waals surface area contributed by atoms with Gasteiger partial charge in [0.2, 0.25) is 0 Å². The molecule has 0 N–H and O–H groups in total. The van der Waals surface area contributed by atoms with Gasteiger partial charge in [-0.2, -0.15) is 17.0 Å². The molecule has 1 fully saturated rings. The van der Waals surface area contributed by atoms with E-state index >= 15 is 0 Å². The summed E-state index contributed by atoms with van der Waals surface area (Å²) in [7, 11) is -0.745. The third kappa shape index (κ3) is 3.41. The number of carbonyl (C=O) groups is 1. The molecule has 6 nitrogen and oxygen atoms in total. The van der Waals surface area contributed by atoms with Gasteiger partial charge in [0, 0.05) is 27.1 Å². The summed E-state index contributed by atoms with van der Waals surface area (Å²) in [4.78, 5) is 12.7. The average Bonchev–Trinajstić information content (AvgIpc) is 2.94. The minimum absolute atomic E-state index is 0.227. The fraction of sp³-hybridized carbons (Fsp3) is 0.562. The Morgan fingerprint density at radius 3 is 2.52 bits per heavy atom. The highest BCUT2D eigenvalue weighted by molar-refractivity contribution is 7.86. The average molecular weight is 340 g/mol. The molecule has 1 heterocycles. The molecule has 0 bridgehead atoms. The zero-order chi connectivity index (χ0) is 17.1. The van der Waals surface area contributed by atoms with Gasteiger partial charge in [-0.3, -0.25) is 0 Å². The van der Waals surface area contributed by atoms with Gasteiger partial charge in [-0.1, -0.05) is 30.3 Å². The first-order valence-corrected chi connectivity index (χ1v) is 9.16. The molecule has 1 saturated heterocycles. The van der Waals surface area contributed by atoms with Crippen molar-refractivity contribution in [3.05, 3.63) is 35.9 Å². The van der Waals surface area contributed by atoms with Crippen LogP contribution in [0.25, 0.3) is 0 Å². The number of nitrogens with zero attached hydrogens (tertiary/aromatic N) is 2. The summed E-state index contributed by atoms with van der Waals surface area (Å²) in [5.41, 5.74) is -0.248. The monoisotopic (exact) mass is 340 g/mol. The highest BCUT2D eigenvalue weighted by atomic mass is 32.2. The van der Waals surface area contributed by atoms with Crippen LogP contribution in [0.1, 0.15) is 25.3 Å². The van der Waals surface area contributed by atoms with Gasteiger partial charge in [-0.05, 0) is 25.3 Å². The van der Waals surface area contributed by atoms with E-state index in [9.17, 15) is 13.2 Å². The molecule has 7 heteroatoms. The smallest absolute Gasteiger partial charge is 0.327 e. The van der Waals surface area contributed by atoms with Crippen molar-refractivity contribution < 1.29 is 17.9 Å². The molecule has 0 saturated carbocycles. The van der Waals surface area contributed by atoms with Crippen molar-refractivity contribution in [1.29, 1.82) is 0 Å². The summed E-state index contributed by atoms with van der Waals surface area (Å²) in [5, 5.41) is 0. The van der Waals surface area contributed by atoms with Crippen molar-refractivity contribution in [3.63, 3.8) is 0 Å². The van der Waals surface area contributed by atoms with Crippen LogP contribution in [0.4, 0.5) is 0 Å². The standard InChI is InChI=1S/C16H24N2O4S/c1-4-22-15(19)16(13-14-9-6-5-7-10-14)11-8-12-18(16)23(20,21)17(2)3/h5-7,9-10H,4,8,11-13H2,1-3H3/t16-/m1/s1. The van der Waals surface area contributed by atoms with Crippen molar-refractivity contribution >= 4 is 16.2 Å². The minimum atomic E-state index is -3.70. The van der Waals surface area contributed by atoms with Crippen LogP contribution < -0.4 is 0 Å². The lowest BCUT2D eigenvalue weighted by Gasteiger charge is -2.36. The number of esters is 1. The first-order chi connectivity index (χ1) is 10.8. The highest BCUT2D eigenvalue weighted by Gasteiger charge is 2.54. The molecule has 23 heavy (non-hydrogen) atoms. The van der Waals surface area contributed by atoms with Gasteiger partial charge in [-0.15, -0.1) is 0 Å². The summed E-state index contributed by atoms with van der Waals surface area (Å²) in [6.07, 6.45) is 1.42. The van der Waals surface area contributed by atoms with Gasteiger partial charge in [-0.25, -0.2) is 4.79 Å². The molecule has 1 aromatic rings. The second-order valence-corrected chi connectivity index (χ2v) is 7.95. The van der Waals surface area contributed by atoms with Crippen molar-refractivity contribution in [2.24, 2.45) is 0 Å². The number of benzene rings is 1. The maximum atomic E-state index is 12.7. The van der Waals surface area contributed by atoms with Crippen LogP contribution in [-0.2, 0) is 26.2 Å². The van der Waals surface area contributed by atoms with Gasteiger partial charge in [0.1, 0.15) is 5.54 Å². The van der Waals surface area contributed by atoms with Gasteiger partial charge in [0.05, 0.1) is 6.61 Å². The normalized spacial score (nSPS) is 22.4. The number of rotatable bonds is 6. The Hall–Kier alpha value is -1.44. The summed E-state index contributed by atoms with van der Waals surface area (Å²) in [5.74, 6) is -0.466. The Morgan fingerprint density at radius 1 is 1.30 bits per heavy atom. The zero-order valence-electron chi connectivity index (χ0n) is 13.9. The third-order valence-corrected chi connectivity index (χ3v) is 6.18. The lowest BCUT2D eigenvalue weighted by molar-refractivity contribution is -0.153. The molecule has 0 radical (unpaired) electrons. The molecule has 2 rings (SSSR count). The summed E-state index contributed by atoms with van der Waals surface area (Å²) < 4.78 is 33.1. The number of carbonyl (C=O) groups excluding carboxylic acids is 1. The predicted molar refractivity (Wildman–Crippen MR) is 88.1 cm³/mol. The van der Waals surface area contributed by atoms with Gasteiger partial charge in [0.25, 0.3) is 10.2 Å². The van der Waals surface area contributed by atoms with E-state index in [1.165, 1.54) is 18.4 Å². The quantitative estimate of drug-likeness (QED) is 0.735. The van der Waals surface area contributed by atoms with Gasteiger partial charge < -0.3 is 4.74 Å². The van der Waals surface area contributed by atoms with Crippen molar-refractivity contribution in [2.45, 2.75) is 31.7 Å². The van der Waals surface area contributed by atoms with Crippen LogP contribution >= 0.6 is 0 Å². The maximum absolute atomic E-state index is 12.7. The second kappa shape index (κ2) is 6.98. The van der Waals surface area contributed by atoms with E-state index in [1.807, 2.05) is 30.3 Å². The van der Waals surface area contributed by atoms with E-state index in [1.54, 1.807) is 6.92 Å². The summed E-state index contributed by atoms with van der Waals surface area (Å²) >= 11 is 0. The number of ether oxygens (including phenoxy) is 1. The molecule has 0 aromatic heterocycles. The SMILES string of the molecule is CCOC(=O)[C@]1(Cc2ccccc2)CCCN1S(=O)(=O)N(C)C. The Bertz CT molecular complexity index is 645. The van der Waals surface area contributed by atoms with Gasteiger partial charge in [0.15, 0.2) is 0 Å². The molecule has 1 aromatic carbocycles. The fourth-order valence-corrected chi connectivity index (χ4v) is 4.46. The molecular weight excluding hydrogens is 316 g/mol. The molecule has 1 aliphatic heterocycles. The van der Waals surface area contributed by atoms with E-state index in [2.05, 4.69) is 0 Å². The van der Waals surface area contributed by atoms with Crippen LogP contribution in [0.5, 0.6) is 0 Å². The highest BCUT2D eigenvalue weighted by Crippen LogP contribution is 2.37. The molecule has 128 valence electrons. The van der Waals surface area contributed by atoms with Gasteiger partial charge >= 0.3 is 5.97 Å². The Morgan fingerprint density at radius 2 is 1.96 bits per heavy atom. The van der Waals surface area contributed by atoms with Crippen molar-refractivity contribution in [1.82, 2.24) is 8.61 Å². The molecule has 0 unspecified atom stereocenters. The number of hydrogen-bond donors (Lipinski definition) is 0. The van der Waals surface area contributed by atoms with Crippen LogP contribution in [-0.4, -0.2) is 55.8 Å². The summed E-state index contributed by atoms with van der Waals surface area (Å²) in [6.45, 7) is 2.28. The van der Waals surface area contributed by atoms with E-state index in [0.29, 0.717) is 25.8 Å². The topological polar surface area (TPSA) is 66.9 Å². The van der Waals surface area contributed by atoms with Crippen LogP contribution in [0, 0.1) is 0 Å². The largest absolute Gasteiger partial charge is 0.465 e. The zero-order valence-corrected chi connectivity index (χ0v) is 14.7. The first-order valence-electron chi connectivity index (χ1n) is 7.76. The summed E-state index contributed by atoms with van der Waals surface area (Å²) in [6, 6.07) is 9.46. The first kappa shape index (κ1) is 17.9. The fourth-order valence-electron chi connectivity index (χ4n) is 3.04. The van der Waals surface area contributed by atoms with Crippen LogP contribution in [0.2, 0.25) is 0 Å². The second-order valence-electron chi connectivity index (χ2n) is 5.88. The number of hydrogen-bond acceptors (Lipinski definition) is 4. The molecule has 0 amide bonds. The van der Waals surface area contributed by atoms with E-state index in [4.69, 9.17) is 4.74 Å². The predicted octanol–water partition coefficient (Wildman–Crippen LogP) is 1.43. The third-order valence-electron chi connectivity index (χ3n) is 4.16. The maximum Gasteiger partial charge on any atom is 0.327 e. The molecule has 0 aliphatic carbocycles. The Labute approximate surface area is 138 Å². The van der Waals surface area contributed by atoms with E-state index in [0.717, 1.165) is 9.87 Å². The molecule has 1 atom stereocenters. The molecular formula is C16H24N2O4S. The van der Waals surface area contributed by atoms with Crippen LogP contribution in [0.15, 0.2) is 30.3 Å².